The van der Waals surface area contributed by atoms with Crippen LogP contribution in [0.1, 0.15) is 21.5 Å². The van der Waals surface area contributed by atoms with E-state index in [0.717, 1.165) is 28.3 Å². The zero-order valence-corrected chi connectivity index (χ0v) is 15.1. The van der Waals surface area contributed by atoms with Crippen molar-refractivity contribution in [2.75, 3.05) is 17.4 Å². The standard InChI is InChI=1S/C21H19N3O3/c1-13-3-5-18(14(2)7-13)24-21(25)15-8-17(11-22-10-15)23-16-4-6-19-20(9-16)27-12-26-19/h3-11,23H,12H2,1-2H3,(H,24,25). The fourth-order valence-corrected chi connectivity index (χ4v) is 2.92. The van der Waals surface area contributed by atoms with E-state index in [2.05, 4.69) is 15.6 Å². The van der Waals surface area contributed by atoms with Crippen LogP contribution in [-0.4, -0.2) is 17.7 Å². The fraction of sp³-hybridized carbons (Fsp3) is 0.143. The van der Waals surface area contributed by atoms with Crippen molar-refractivity contribution < 1.29 is 14.3 Å². The molecule has 1 aliphatic heterocycles. The minimum absolute atomic E-state index is 0.205. The molecule has 0 spiro atoms. The Hall–Kier alpha value is -3.54. The summed E-state index contributed by atoms with van der Waals surface area (Å²) in [5.74, 6) is 1.21. The van der Waals surface area contributed by atoms with E-state index in [0.29, 0.717) is 17.0 Å². The number of rotatable bonds is 4. The molecule has 0 saturated carbocycles. The van der Waals surface area contributed by atoms with E-state index in [9.17, 15) is 4.79 Å². The first kappa shape index (κ1) is 16.9. The molecular weight excluding hydrogens is 342 g/mol. The van der Waals surface area contributed by atoms with Gasteiger partial charge in [-0.3, -0.25) is 9.78 Å². The van der Waals surface area contributed by atoms with Crippen molar-refractivity contribution in [2.45, 2.75) is 13.8 Å². The number of aromatic nitrogens is 1. The zero-order valence-electron chi connectivity index (χ0n) is 15.1. The van der Waals surface area contributed by atoms with E-state index < -0.39 is 0 Å². The number of amides is 1. The summed E-state index contributed by atoms with van der Waals surface area (Å²) in [6.07, 6.45) is 3.21. The number of fused-ring (bicyclic) bond motifs is 1. The van der Waals surface area contributed by atoms with Gasteiger partial charge in [-0.15, -0.1) is 0 Å². The molecule has 136 valence electrons. The highest BCUT2D eigenvalue weighted by Gasteiger charge is 2.14. The second-order valence-corrected chi connectivity index (χ2v) is 6.43. The number of carbonyl (C=O) groups excluding carboxylic acids is 1. The molecule has 0 atom stereocenters. The number of aryl methyl sites for hydroxylation is 2. The van der Waals surface area contributed by atoms with Gasteiger partial charge in [-0.1, -0.05) is 17.7 Å². The molecule has 6 nitrogen and oxygen atoms in total. The van der Waals surface area contributed by atoms with Crippen LogP contribution >= 0.6 is 0 Å². The van der Waals surface area contributed by atoms with Gasteiger partial charge in [0, 0.05) is 23.6 Å². The number of nitrogens with zero attached hydrogens (tertiary/aromatic N) is 1. The van der Waals surface area contributed by atoms with Gasteiger partial charge in [-0.05, 0) is 43.7 Å². The van der Waals surface area contributed by atoms with Gasteiger partial charge in [-0.25, -0.2) is 0 Å². The molecule has 2 heterocycles. The second-order valence-electron chi connectivity index (χ2n) is 6.43. The van der Waals surface area contributed by atoms with E-state index in [-0.39, 0.29) is 12.7 Å². The van der Waals surface area contributed by atoms with Gasteiger partial charge >= 0.3 is 0 Å². The Morgan fingerprint density at radius 3 is 2.67 bits per heavy atom. The highest BCUT2D eigenvalue weighted by atomic mass is 16.7. The van der Waals surface area contributed by atoms with Crippen molar-refractivity contribution in [1.29, 1.82) is 0 Å². The zero-order chi connectivity index (χ0) is 18.8. The monoisotopic (exact) mass is 361 g/mol. The fourth-order valence-electron chi connectivity index (χ4n) is 2.92. The van der Waals surface area contributed by atoms with Crippen LogP contribution in [0.4, 0.5) is 17.1 Å². The summed E-state index contributed by atoms with van der Waals surface area (Å²) in [7, 11) is 0. The summed E-state index contributed by atoms with van der Waals surface area (Å²) in [5.41, 5.74) is 4.98. The van der Waals surface area contributed by atoms with Crippen LogP contribution < -0.4 is 20.1 Å². The number of anilines is 3. The molecule has 0 fully saturated rings. The first-order chi connectivity index (χ1) is 13.1. The van der Waals surface area contributed by atoms with Gasteiger partial charge in [0.25, 0.3) is 5.91 Å². The molecule has 1 aliphatic rings. The first-order valence-electron chi connectivity index (χ1n) is 8.59. The summed E-state index contributed by atoms with van der Waals surface area (Å²) in [4.78, 5) is 16.8. The van der Waals surface area contributed by atoms with E-state index in [1.807, 2.05) is 50.2 Å². The Bertz CT molecular complexity index is 1020. The summed E-state index contributed by atoms with van der Waals surface area (Å²) in [6, 6.07) is 13.3. The van der Waals surface area contributed by atoms with Crippen LogP contribution in [0.3, 0.4) is 0 Å². The van der Waals surface area contributed by atoms with Crippen molar-refractivity contribution >= 4 is 23.0 Å². The summed E-state index contributed by atoms with van der Waals surface area (Å²) in [6.45, 7) is 4.22. The van der Waals surface area contributed by atoms with Crippen molar-refractivity contribution in [1.82, 2.24) is 4.98 Å². The van der Waals surface area contributed by atoms with Gasteiger partial charge in [0.1, 0.15) is 0 Å². The molecule has 3 aromatic rings. The molecule has 2 N–H and O–H groups in total. The molecular formula is C21H19N3O3. The SMILES string of the molecule is Cc1ccc(NC(=O)c2cncc(Nc3ccc4c(c3)OCO4)c2)c(C)c1. The molecule has 1 amide bonds. The topological polar surface area (TPSA) is 72.5 Å². The maximum Gasteiger partial charge on any atom is 0.257 e. The predicted octanol–water partition coefficient (Wildman–Crippen LogP) is 4.42. The van der Waals surface area contributed by atoms with Gasteiger partial charge in [0.05, 0.1) is 17.4 Å². The van der Waals surface area contributed by atoms with Crippen LogP contribution in [0.5, 0.6) is 11.5 Å². The number of pyridine rings is 1. The highest BCUT2D eigenvalue weighted by molar-refractivity contribution is 6.05. The Kier molecular flexibility index (Phi) is 4.38. The number of nitrogens with one attached hydrogen (secondary N) is 2. The van der Waals surface area contributed by atoms with Crippen LogP contribution in [0.2, 0.25) is 0 Å². The second kappa shape index (κ2) is 6.99. The average molecular weight is 361 g/mol. The molecule has 0 saturated heterocycles. The molecule has 27 heavy (non-hydrogen) atoms. The van der Waals surface area contributed by atoms with E-state index in [1.165, 1.54) is 0 Å². The van der Waals surface area contributed by atoms with E-state index in [4.69, 9.17) is 9.47 Å². The number of carbonyl (C=O) groups is 1. The Morgan fingerprint density at radius 2 is 1.81 bits per heavy atom. The van der Waals surface area contributed by atoms with Gasteiger partial charge in [0.15, 0.2) is 11.5 Å². The third-order valence-electron chi connectivity index (χ3n) is 4.29. The molecule has 1 aromatic heterocycles. The Labute approximate surface area is 157 Å². The lowest BCUT2D eigenvalue weighted by molar-refractivity contribution is 0.102. The maximum absolute atomic E-state index is 12.6. The largest absolute Gasteiger partial charge is 0.454 e. The molecule has 0 bridgehead atoms. The van der Waals surface area contributed by atoms with Crippen LogP contribution in [0.15, 0.2) is 54.9 Å². The minimum Gasteiger partial charge on any atom is -0.454 e. The van der Waals surface area contributed by atoms with Gasteiger partial charge < -0.3 is 20.1 Å². The lowest BCUT2D eigenvalue weighted by Crippen LogP contribution is -2.13. The lowest BCUT2D eigenvalue weighted by atomic mass is 10.1. The van der Waals surface area contributed by atoms with Gasteiger partial charge in [-0.2, -0.15) is 0 Å². The molecule has 2 aromatic carbocycles. The van der Waals surface area contributed by atoms with Gasteiger partial charge in [0.2, 0.25) is 6.79 Å². The number of benzene rings is 2. The van der Waals surface area contributed by atoms with E-state index >= 15 is 0 Å². The van der Waals surface area contributed by atoms with Crippen molar-refractivity contribution in [2.24, 2.45) is 0 Å². The minimum atomic E-state index is -0.205. The van der Waals surface area contributed by atoms with Crippen LogP contribution in [-0.2, 0) is 0 Å². The molecule has 0 aliphatic carbocycles. The quantitative estimate of drug-likeness (QED) is 0.719. The predicted molar refractivity (Wildman–Crippen MR) is 104 cm³/mol. The third kappa shape index (κ3) is 3.69. The Balaban J connectivity index is 1.51. The summed E-state index contributed by atoms with van der Waals surface area (Å²) >= 11 is 0. The third-order valence-corrected chi connectivity index (χ3v) is 4.29. The van der Waals surface area contributed by atoms with Crippen molar-refractivity contribution in [3.8, 4) is 11.5 Å². The Morgan fingerprint density at radius 1 is 0.963 bits per heavy atom. The van der Waals surface area contributed by atoms with Crippen molar-refractivity contribution in [3.05, 3.63) is 71.5 Å². The lowest BCUT2D eigenvalue weighted by Gasteiger charge is -2.11. The van der Waals surface area contributed by atoms with Crippen LogP contribution in [0.25, 0.3) is 0 Å². The summed E-state index contributed by atoms with van der Waals surface area (Å²) in [5, 5.41) is 6.17. The summed E-state index contributed by atoms with van der Waals surface area (Å²) < 4.78 is 10.7. The smallest absolute Gasteiger partial charge is 0.257 e. The number of hydrogen-bond acceptors (Lipinski definition) is 5. The van der Waals surface area contributed by atoms with E-state index in [1.54, 1.807) is 18.5 Å². The number of hydrogen-bond donors (Lipinski definition) is 2. The maximum atomic E-state index is 12.6. The molecule has 6 heteroatoms. The first-order valence-corrected chi connectivity index (χ1v) is 8.59. The average Bonchev–Trinajstić information content (AvgIpc) is 3.12. The molecule has 0 radical (unpaired) electrons. The number of ether oxygens (including phenoxy) is 2. The normalized spacial score (nSPS) is 11.9. The molecule has 4 rings (SSSR count). The highest BCUT2D eigenvalue weighted by Crippen LogP contribution is 2.35. The molecule has 0 unspecified atom stereocenters. The van der Waals surface area contributed by atoms with Crippen molar-refractivity contribution in [3.63, 3.8) is 0 Å². The van der Waals surface area contributed by atoms with Crippen LogP contribution in [0, 0.1) is 13.8 Å².